The lowest BCUT2D eigenvalue weighted by Crippen LogP contribution is -3.00. The fourth-order valence-electron chi connectivity index (χ4n) is 3.34. The van der Waals surface area contributed by atoms with E-state index < -0.39 is 0 Å². The van der Waals surface area contributed by atoms with Crippen molar-refractivity contribution in [3.63, 3.8) is 0 Å². The van der Waals surface area contributed by atoms with Crippen LogP contribution in [0.1, 0.15) is 51.4 Å². The topological polar surface area (TPSA) is 108 Å². The zero-order chi connectivity index (χ0) is 16.5. The number of ether oxygens (including phenoxy) is 2. The maximum absolute atomic E-state index is 11.1. The van der Waals surface area contributed by atoms with E-state index in [9.17, 15) is 9.59 Å². The van der Waals surface area contributed by atoms with Crippen molar-refractivity contribution in [3.8, 4) is 0 Å². The molecule has 2 aliphatic rings. The van der Waals surface area contributed by atoms with Crippen LogP contribution in [0.4, 0.5) is 0 Å². The van der Waals surface area contributed by atoms with Gasteiger partial charge in [0, 0.05) is 12.8 Å². The van der Waals surface area contributed by atoms with Gasteiger partial charge < -0.3 is 45.8 Å². The highest BCUT2D eigenvalue weighted by molar-refractivity contribution is 5.72. The second-order valence-corrected chi connectivity index (χ2v) is 6.51. The summed E-state index contributed by atoms with van der Waals surface area (Å²) >= 11 is 0. The van der Waals surface area contributed by atoms with Crippen LogP contribution in [0.3, 0.4) is 0 Å². The van der Waals surface area contributed by atoms with Crippen LogP contribution in [-0.2, 0) is 19.1 Å². The van der Waals surface area contributed by atoms with Gasteiger partial charge >= 0.3 is 11.9 Å². The third-order valence-electron chi connectivity index (χ3n) is 4.63. The summed E-state index contributed by atoms with van der Waals surface area (Å²) in [5.41, 5.74) is 7.91. The fraction of sp³-hybridized carbons (Fsp3) is 0.875. The third-order valence-corrected chi connectivity index (χ3v) is 4.63. The molecule has 2 aliphatic carbocycles. The van der Waals surface area contributed by atoms with Gasteiger partial charge in [-0.05, 0) is 38.5 Å². The highest BCUT2D eigenvalue weighted by atomic mass is 35.5. The summed E-state index contributed by atoms with van der Waals surface area (Å²) in [6.45, 7) is 0. The molecular formula is C16H32Cl2N2O4. The first-order valence-corrected chi connectivity index (χ1v) is 8.29. The standard InChI is InChI=1S/2C8H15NO2.2ClH/c2*1-11-8(10)6-3-2-4-7(9)5-6;;/h2*6-7H,2-5,9H2,1H3;2*1H/t2*6-,7+;;/m10../s1. The van der Waals surface area contributed by atoms with E-state index in [1.165, 1.54) is 14.2 Å². The average molecular weight is 387 g/mol. The smallest absolute Gasteiger partial charge is 0.308 e. The van der Waals surface area contributed by atoms with E-state index in [0.29, 0.717) is 12.1 Å². The third kappa shape index (κ3) is 9.06. The summed E-state index contributed by atoms with van der Waals surface area (Å²) in [4.78, 5) is 22.1. The number of quaternary nitrogens is 2. The minimum Gasteiger partial charge on any atom is -1.00 e. The van der Waals surface area contributed by atoms with Crippen molar-refractivity contribution in [1.82, 2.24) is 0 Å². The van der Waals surface area contributed by atoms with Gasteiger partial charge in [-0.25, -0.2) is 0 Å². The maximum Gasteiger partial charge on any atom is 0.308 e. The van der Waals surface area contributed by atoms with Gasteiger partial charge in [0.15, 0.2) is 0 Å². The molecule has 0 heterocycles. The molecule has 0 aliphatic heterocycles. The predicted molar refractivity (Wildman–Crippen MR) is 81.3 cm³/mol. The first-order chi connectivity index (χ1) is 10.5. The quantitative estimate of drug-likeness (QED) is 0.460. The van der Waals surface area contributed by atoms with Gasteiger partial charge in [-0.15, -0.1) is 0 Å². The average Bonchev–Trinajstić information content (AvgIpc) is 2.54. The Labute approximate surface area is 157 Å². The molecule has 144 valence electrons. The molecule has 6 nitrogen and oxygen atoms in total. The Balaban J connectivity index is 0. The Kier molecular flexibility index (Phi) is 14.7. The van der Waals surface area contributed by atoms with Crippen LogP contribution in [0.25, 0.3) is 0 Å². The van der Waals surface area contributed by atoms with Crippen molar-refractivity contribution >= 4 is 11.9 Å². The van der Waals surface area contributed by atoms with Gasteiger partial charge in [0.2, 0.25) is 0 Å². The number of hydrogen-bond acceptors (Lipinski definition) is 4. The molecule has 0 unspecified atom stereocenters. The molecule has 0 aromatic heterocycles. The van der Waals surface area contributed by atoms with E-state index >= 15 is 0 Å². The van der Waals surface area contributed by atoms with E-state index in [2.05, 4.69) is 20.9 Å². The van der Waals surface area contributed by atoms with Crippen LogP contribution in [-0.4, -0.2) is 38.2 Å². The summed E-state index contributed by atoms with van der Waals surface area (Å²) in [6, 6.07) is 0.903. The minimum absolute atomic E-state index is 0. The second-order valence-electron chi connectivity index (χ2n) is 6.51. The molecule has 8 heteroatoms. The van der Waals surface area contributed by atoms with E-state index in [-0.39, 0.29) is 48.6 Å². The molecule has 24 heavy (non-hydrogen) atoms. The monoisotopic (exact) mass is 386 g/mol. The molecule has 0 aromatic rings. The van der Waals surface area contributed by atoms with Crippen LogP contribution in [0.2, 0.25) is 0 Å². The number of methoxy groups -OCH3 is 2. The van der Waals surface area contributed by atoms with Gasteiger partial charge in [-0.2, -0.15) is 0 Å². The van der Waals surface area contributed by atoms with Crippen LogP contribution >= 0.6 is 0 Å². The molecule has 0 saturated heterocycles. The molecule has 4 atom stereocenters. The van der Waals surface area contributed by atoms with E-state index in [4.69, 9.17) is 0 Å². The summed E-state index contributed by atoms with van der Waals surface area (Å²) in [6.07, 6.45) is 8.35. The number of halogens is 2. The number of hydrogen-bond donors (Lipinski definition) is 2. The fourth-order valence-corrected chi connectivity index (χ4v) is 3.34. The predicted octanol–water partition coefficient (Wildman–Crippen LogP) is -6.07. The molecule has 0 bridgehead atoms. The first-order valence-electron chi connectivity index (χ1n) is 8.29. The zero-order valence-electron chi connectivity index (χ0n) is 14.8. The summed E-state index contributed by atoms with van der Waals surface area (Å²) in [5, 5.41) is 0. The minimum atomic E-state index is -0.0571. The highest BCUT2D eigenvalue weighted by Gasteiger charge is 2.28. The molecule has 2 rings (SSSR count). The van der Waals surface area contributed by atoms with Crippen LogP contribution < -0.4 is 36.3 Å². The summed E-state index contributed by atoms with van der Waals surface area (Å²) in [5.74, 6) is 0.129. The van der Waals surface area contributed by atoms with Crippen molar-refractivity contribution in [2.24, 2.45) is 11.8 Å². The van der Waals surface area contributed by atoms with Gasteiger partial charge in [0.1, 0.15) is 0 Å². The van der Waals surface area contributed by atoms with Crippen molar-refractivity contribution in [2.45, 2.75) is 63.5 Å². The SMILES string of the molecule is COC(=O)[C@@H]1CCC[C@H]([NH3+])C1.COC(=O)[C@H]1CCC[C@@H]([NH3+])C1.[Cl-].[Cl-]. The number of carbonyl (C=O) groups is 2. The van der Waals surface area contributed by atoms with Gasteiger partial charge in [0.05, 0.1) is 38.1 Å². The maximum atomic E-state index is 11.1. The van der Waals surface area contributed by atoms with E-state index in [0.717, 1.165) is 51.4 Å². The Morgan fingerprint density at radius 1 is 0.750 bits per heavy atom. The van der Waals surface area contributed by atoms with Gasteiger partial charge in [-0.1, -0.05) is 0 Å². The van der Waals surface area contributed by atoms with E-state index in [1.807, 2.05) is 0 Å². The van der Waals surface area contributed by atoms with Crippen molar-refractivity contribution in [3.05, 3.63) is 0 Å². The molecule has 2 saturated carbocycles. The Morgan fingerprint density at radius 3 is 1.33 bits per heavy atom. The second kappa shape index (κ2) is 13.7. The number of esters is 2. The van der Waals surface area contributed by atoms with Gasteiger partial charge in [-0.3, -0.25) is 9.59 Å². The Bertz CT molecular complexity index is 338. The van der Waals surface area contributed by atoms with Crippen LogP contribution in [0.15, 0.2) is 0 Å². The molecule has 2 fully saturated rings. The zero-order valence-corrected chi connectivity index (χ0v) is 16.3. The Hall–Kier alpha value is -0.560. The molecular weight excluding hydrogens is 355 g/mol. The number of carbonyl (C=O) groups excluding carboxylic acids is 2. The number of rotatable bonds is 2. The van der Waals surface area contributed by atoms with Crippen molar-refractivity contribution in [2.75, 3.05) is 14.2 Å². The highest BCUT2D eigenvalue weighted by Crippen LogP contribution is 2.23. The lowest BCUT2D eigenvalue weighted by atomic mass is 9.86. The first kappa shape index (κ1) is 25.7. The summed E-state index contributed by atoms with van der Waals surface area (Å²) in [7, 11) is 2.91. The molecule has 6 N–H and O–H groups in total. The molecule has 0 amide bonds. The van der Waals surface area contributed by atoms with Crippen LogP contribution in [0.5, 0.6) is 0 Å². The molecule has 0 spiro atoms. The van der Waals surface area contributed by atoms with E-state index in [1.54, 1.807) is 0 Å². The Morgan fingerprint density at radius 2 is 1.08 bits per heavy atom. The van der Waals surface area contributed by atoms with Crippen LogP contribution in [0, 0.1) is 11.8 Å². The lowest BCUT2D eigenvalue weighted by Gasteiger charge is -2.21. The van der Waals surface area contributed by atoms with Crippen molar-refractivity contribution in [1.29, 1.82) is 0 Å². The van der Waals surface area contributed by atoms with Gasteiger partial charge in [0.25, 0.3) is 0 Å². The summed E-state index contributed by atoms with van der Waals surface area (Å²) < 4.78 is 9.34. The normalized spacial score (nSPS) is 28.8. The largest absolute Gasteiger partial charge is 1.00 e. The lowest BCUT2D eigenvalue weighted by molar-refractivity contribution is -0.427. The van der Waals surface area contributed by atoms with Crippen molar-refractivity contribution < 1.29 is 55.3 Å². The molecule has 0 radical (unpaired) electrons. The molecule has 0 aromatic carbocycles.